The Morgan fingerprint density at radius 2 is 1.90 bits per heavy atom. The first-order chi connectivity index (χ1) is 14.4. The summed E-state index contributed by atoms with van der Waals surface area (Å²) in [5.74, 6) is -2.71. The number of H-pyrrole nitrogens is 1. The predicted molar refractivity (Wildman–Crippen MR) is 104 cm³/mol. The highest BCUT2D eigenvalue weighted by atomic mass is 19.1. The number of nitriles is 1. The molecule has 0 spiro atoms. The molecule has 3 aromatic rings. The van der Waals surface area contributed by atoms with E-state index in [1.54, 1.807) is 18.2 Å². The van der Waals surface area contributed by atoms with Crippen LogP contribution in [0.25, 0.3) is 22.2 Å². The molecule has 3 N–H and O–H groups in total. The molecule has 1 amide bonds. The minimum Gasteiger partial charge on any atom is -0.393 e. The average Bonchev–Trinajstić information content (AvgIpc) is 3.05. The lowest BCUT2D eigenvalue weighted by molar-refractivity contribution is -0.128. The highest BCUT2D eigenvalue weighted by Gasteiger charge is 2.39. The zero-order valence-corrected chi connectivity index (χ0v) is 15.8. The maximum absolute atomic E-state index is 14.4. The number of nitrogens with one attached hydrogen (secondary N) is 2. The second-order valence-corrected chi connectivity index (χ2v) is 7.47. The van der Waals surface area contributed by atoms with Gasteiger partial charge in [0, 0.05) is 17.4 Å². The van der Waals surface area contributed by atoms with Gasteiger partial charge in [0.25, 0.3) is 0 Å². The molecule has 0 radical (unpaired) electrons. The Bertz CT molecular complexity index is 1150. The van der Waals surface area contributed by atoms with Gasteiger partial charge in [-0.1, -0.05) is 0 Å². The van der Waals surface area contributed by atoms with Crippen LogP contribution < -0.4 is 5.32 Å². The number of carbonyl (C=O) groups excluding carboxylic acids is 1. The number of aliphatic hydroxyl groups is 1. The molecule has 1 aliphatic carbocycles. The molecule has 154 valence electrons. The third-order valence-corrected chi connectivity index (χ3v) is 5.57. The average molecular weight is 413 g/mol. The summed E-state index contributed by atoms with van der Waals surface area (Å²) < 4.78 is 41.7. The summed E-state index contributed by atoms with van der Waals surface area (Å²) in [6.45, 7) is -0.478. The maximum Gasteiger partial charge on any atom is 0.224 e. The van der Waals surface area contributed by atoms with Crippen molar-refractivity contribution >= 4 is 16.8 Å². The van der Waals surface area contributed by atoms with Crippen LogP contribution in [0.5, 0.6) is 0 Å². The summed E-state index contributed by atoms with van der Waals surface area (Å²) in [5.41, 5.74) is 2.02. The van der Waals surface area contributed by atoms with Crippen LogP contribution in [0.1, 0.15) is 24.3 Å². The number of nitrogens with zero attached hydrogens (tertiary/aromatic N) is 1. The quantitative estimate of drug-likeness (QED) is 0.595. The van der Waals surface area contributed by atoms with Crippen LogP contribution in [0.4, 0.5) is 13.2 Å². The van der Waals surface area contributed by atoms with Gasteiger partial charge in [-0.3, -0.25) is 4.79 Å². The number of aromatic amines is 1. The van der Waals surface area contributed by atoms with Gasteiger partial charge in [0.15, 0.2) is 0 Å². The lowest BCUT2D eigenvalue weighted by atomic mass is 9.69. The first-order valence-electron chi connectivity index (χ1n) is 9.48. The van der Waals surface area contributed by atoms with Crippen molar-refractivity contribution in [1.82, 2.24) is 10.3 Å². The van der Waals surface area contributed by atoms with E-state index in [1.165, 1.54) is 18.2 Å². The van der Waals surface area contributed by atoms with Gasteiger partial charge in [-0.2, -0.15) is 5.26 Å². The van der Waals surface area contributed by atoms with E-state index in [9.17, 15) is 18.0 Å². The van der Waals surface area contributed by atoms with Crippen molar-refractivity contribution in [1.29, 1.82) is 5.26 Å². The Balaban J connectivity index is 1.68. The molecule has 1 aliphatic rings. The number of hydrogen-bond donors (Lipinski definition) is 3. The molecule has 1 saturated carbocycles. The summed E-state index contributed by atoms with van der Waals surface area (Å²) in [4.78, 5) is 15.3. The van der Waals surface area contributed by atoms with E-state index in [2.05, 4.69) is 10.3 Å². The number of hydrogen-bond acceptors (Lipinski definition) is 3. The third-order valence-electron chi connectivity index (χ3n) is 5.57. The molecule has 30 heavy (non-hydrogen) atoms. The zero-order chi connectivity index (χ0) is 21.4. The lowest BCUT2D eigenvalue weighted by Crippen LogP contribution is -2.43. The smallest absolute Gasteiger partial charge is 0.224 e. The molecular formula is C22H18F3N3O2. The van der Waals surface area contributed by atoms with E-state index < -0.39 is 30.1 Å². The number of aromatic nitrogens is 1. The van der Waals surface area contributed by atoms with Gasteiger partial charge in [-0.15, -0.1) is 0 Å². The summed E-state index contributed by atoms with van der Waals surface area (Å²) in [5, 5.41) is 20.8. The second-order valence-electron chi connectivity index (χ2n) is 7.47. The predicted octanol–water partition coefficient (Wildman–Crippen LogP) is 3.75. The molecule has 8 heteroatoms. The topological polar surface area (TPSA) is 88.9 Å². The fraction of sp³-hybridized carbons (Fsp3) is 0.273. The van der Waals surface area contributed by atoms with E-state index in [0.717, 1.165) is 6.07 Å². The van der Waals surface area contributed by atoms with Crippen LogP contribution in [0.3, 0.4) is 0 Å². The van der Waals surface area contributed by atoms with Gasteiger partial charge in [0.1, 0.15) is 23.5 Å². The van der Waals surface area contributed by atoms with Crippen LogP contribution in [0.2, 0.25) is 0 Å². The Morgan fingerprint density at radius 3 is 2.53 bits per heavy atom. The Kier molecular flexibility index (Phi) is 5.22. The van der Waals surface area contributed by atoms with Gasteiger partial charge >= 0.3 is 0 Å². The van der Waals surface area contributed by atoms with Crippen molar-refractivity contribution < 1.29 is 23.1 Å². The molecule has 4 rings (SSSR count). The number of rotatable bonds is 5. The van der Waals surface area contributed by atoms with Crippen LogP contribution in [0, 0.1) is 34.7 Å². The maximum atomic E-state index is 14.4. The SMILES string of the molecule is N#CC(CO)NC(=O)C1CC(c2c(-c3ccc(F)cc3)[nH]c3c(F)cc(F)cc23)C1. The molecule has 1 fully saturated rings. The summed E-state index contributed by atoms with van der Waals surface area (Å²) in [6, 6.07) is 8.56. The Morgan fingerprint density at radius 1 is 1.20 bits per heavy atom. The van der Waals surface area contributed by atoms with Crippen LogP contribution in [-0.4, -0.2) is 28.6 Å². The standard InChI is InChI=1S/C22H18F3N3O2/c23-14-3-1-11(2-4-14)20-19(17-7-15(24)8-18(25)21(17)28-20)12-5-13(6-12)22(30)27-16(9-26)10-29/h1-4,7-8,12-13,16,28-29H,5-6,10H2,(H,27,30). The highest BCUT2D eigenvalue weighted by Crippen LogP contribution is 2.48. The van der Waals surface area contributed by atoms with Crippen LogP contribution in [0.15, 0.2) is 36.4 Å². The Hall–Kier alpha value is -3.31. The van der Waals surface area contributed by atoms with E-state index >= 15 is 0 Å². The molecule has 0 bridgehead atoms. The van der Waals surface area contributed by atoms with E-state index in [0.29, 0.717) is 35.0 Å². The minimum absolute atomic E-state index is 0.148. The minimum atomic E-state index is -0.970. The number of amides is 1. The monoisotopic (exact) mass is 413 g/mol. The van der Waals surface area contributed by atoms with E-state index in [1.807, 2.05) is 0 Å². The van der Waals surface area contributed by atoms with Crippen LogP contribution in [-0.2, 0) is 4.79 Å². The fourth-order valence-corrected chi connectivity index (χ4v) is 3.98. The molecule has 0 saturated heterocycles. The zero-order valence-electron chi connectivity index (χ0n) is 15.8. The van der Waals surface area contributed by atoms with Crippen molar-refractivity contribution in [2.75, 3.05) is 6.61 Å². The van der Waals surface area contributed by atoms with E-state index in [4.69, 9.17) is 10.4 Å². The Labute approximate surface area is 170 Å². The van der Waals surface area contributed by atoms with Gasteiger partial charge in [-0.25, -0.2) is 13.2 Å². The fourth-order valence-electron chi connectivity index (χ4n) is 3.98. The molecule has 5 nitrogen and oxygen atoms in total. The van der Waals surface area contributed by atoms with Gasteiger partial charge in [-0.05, 0) is 60.2 Å². The van der Waals surface area contributed by atoms with Crippen molar-refractivity contribution in [2.24, 2.45) is 5.92 Å². The molecule has 0 aliphatic heterocycles. The molecule has 1 aromatic heterocycles. The van der Waals surface area contributed by atoms with Crippen molar-refractivity contribution in [3.8, 4) is 17.3 Å². The van der Waals surface area contributed by atoms with Crippen molar-refractivity contribution in [3.63, 3.8) is 0 Å². The molecule has 1 heterocycles. The van der Waals surface area contributed by atoms with Crippen molar-refractivity contribution in [2.45, 2.75) is 24.8 Å². The number of benzene rings is 2. The summed E-state index contributed by atoms with van der Waals surface area (Å²) >= 11 is 0. The molecule has 1 unspecified atom stereocenters. The number of carbonyl (C=O) groups is 1. The second kappa shape index (κ2) is 7.84. The number of halogens is 3. The molecule has 2 aromatic carbocycles. The van der Waals surface area contributed by atoms with Gasteiger partial charge in [0.2, 0.25) is 5.91 Å². The summed E-state index contributed by atoms with van der Waals surface area (Å²) in [7, 11) is 0. The normalized spacial score (nSPS) is 19.2. The number of fused-ring (bicyclic) bond motifs is 1. The molecule has 1 atom stereocenters. The van der Waals surface area contributed by atoms with Gasteiger partial charge < -0.3 is 15.4 Å². The van der Waals surface area contributed by atoms with Gasteiger partial charge in [0.05, 0.1) is 23.9 Å². The van der Waals surface area contributed by atoms with E-state index in [-0.39, 0.29) is 23.3 Å². The number of aliphatic hydroxyl groups excluding tert-OH is 1. The third kappa shape index (κ3) is 3.53. The van der Waals surface area contributed by atoms with Crippen molar-refractivity contribution in [3.05, 3.63) is 59.4 Å². The lowest BCUT2D eigenvalue weighted by Gasteiger charge is -2.35. The van der Waals surface area contributed by atoms with Crippen LogP contribution >= 0.6 is 0 Å². The highest BCUT2D eigenvalue weighted by molar-refractivity contribution is 5.92. The first-order valence-corrected chi connectivity index (χ1v) is 9.48. The largest absolute Gasteiger partial charge is 0.393 e. The summed E-state index contributed by atoms with van der Waals surface area (Å²) in [6.07, 6.45) is 0.851. The molecular weight excluding hydrogens is 395 g/mol. The first kappa shape index (κ1) is 20.0.